The predicted molar refractivity (Wildman–Crippen MR) is 86.9 cm³/mol. The number of rotatable bonds is 3. The van der Waals surface area contributed by atoms with Crippen molar-refractivity contribution in [3.8, 4) is 0 Å². The molecular formula is C18H28N2O. The summed E-state index contributed by atoms with van der Waals surface area (Å²) >= 11 is 0. The van der Waals surface area contributed by atoms with Gasteiger partial charge in [-0.25, -0.2) is 0 Å². The zero-order valence-corrected chi connectivity index (χ0v) is 14.1. The van der Waals surface area contributed by atoms with Gasteiger partial charge in [0.1, 0.15) is 6.17 Å². The van der Waals surface area contributed by atoms with Crippen LogP contribution < -0.4 is 5.32 Å². The number of nitrogens with zero attached hydrogens (tertiary/aromatic N) is 1. The fourth-order valence-electron chi connectivity index (χ4n) is 2.91. The van der Waals surface area contributed by atoms with Crippen LogP contribution in [0.3, 0.4) is 0 Å². The highest BCUT2D eigenvalue weighted by molar-refractivity contribution is 5.85. The normalized spacial score (nSPS) is 24.5. The van der Waals surface area contributed by atoms with Gasteiger partial charge in [0, 0.05) is 6.04 Å². The van der Waals surface area contributed by atoms with Crippen molar-refractivity contribution in [1.82, 2.24) is 10.2 Å². The summed E-state index contributed by atoms with van der Waals surface area (Å²) in [6.07, 6.45) is 0.812. The number of nitrogens with one attached hydrogen (secondary N) is 1. The summed E-state index contributed by atoms with van der Waals surface area (Å²) in [7, 11) is 0. The maximum Gasteiger partial charge on any atom is 0.241 e. The molecule has 0 radical (unpaired) electrons. The second-order valence-corrected chi connectivity index (χ2v) is 7.17. The Balaban J connectivity index is 2.42. The highest BCUT2D eigenvalue weighted by atomic mass is 16.2. The minimum absolute atomic E-state index is 0.0159. The standard InChI is InChI=1S/C18H28N2O/c1-7-15-17(21)20(13(3)18(4,5)6)16(19-15)14-11-9-8-10-12(14)2/h8-11,13,15-16,19H,7H2,1-6H3. The first-order valence-corrected chi connectivity index (χ1v) is 7.91. The molecule has 0 spiro atoms. The quantitative estimate of drug-likeness (QED) is 0.921. The lowest BCUT2D eigenvalue weighted by molar-refractivity contribution is -0.134. The average Bonchev–Trinajstić information content (AvgIpc) is 2.74. The van der Waals surface area contributed by atoms with E-state index in [1.54, 1.807) is 0 Å². The SMILES string of the molecule is CCC1NC(c2ccccc2C)N(C(C)C(C)(C)C)C1=O. The summed E-state index contributed by atoms with van der Waals surface area (Å²) in [5.74, 6) is 0.230. The molecule has 3 unspecified atom stereocenters. The van der Waals surface area contributed by atoms with Gasteiger partial charge in [-0.15, -0.1) is 0 Å². The largest absolute Gasteiger partial charge is 0.318 e. The number of hydrogen-bond acceptors (Lipinski definition) is 2. The van der Waals surface area contributed by atoms with Gasteiger partial charge in [0.05, 0.1) is 6.04 Å². The lowest BCUT2D eigenvalue weighted by Crippen LogP contribution is -2.45. The van der Waals surface area contributed by atoms with Crippen LogP contribution in [0.5, 0.6) is 0 Å². The van der Waals surface area contributed by atoms with Crippen molar-refractivity contribution in [1.29, 1.82) is 0 Å². The van der Waals surface area contributed by atoms with Gasteiger partial charge in [-0.05, 0) is 36.8 Å². The molecule has 1 aromatic carbocycles. The number of carbonyl (C=O) groups is 1. The van der Waals surface area contributed by atoms with Crippen LogP contribution in [0.1, 0.15) is 58.3 Å². The molecule has 1 N–H and O–H groups in total. The van der Waals surface area contributed by atoms with Gasteiger partial charge >= 0.3 is 0 Å². The van der Waals surface area contributed by atoms with E-state index >= 15 is 0 Å². The third kappa shape index (κ3) is 2.98. The molecule has 116 valence electrons. The molecule has 1 fully saturated rings. The Bertz CT molecular complexity index is 518. The minimum Gasteiger partial charge on any atom is -0.318 e. The molecule has 1 amide bonds. The van der Waals surface area contributed by atoms with Crippen molar-refractivity contribution in [3.63, 3.8) is 0 Å². The molecule has 1 saturated heterocycles. The Hall–Kier alpha value is -1.35. The topological polar surface area (TPSA) is 32.3 Å². The average molecular weight is 288 g/mol. The molecule has 1 aliphatic heterocycles. The van der Waals surface area contributed by atoms with Crippen LogP contribution in [0.4, 0.5) is 0 Å². The molecule has 21 heavy (non-hydrogen) atoms. The molecule has 2 rings (SSSR count). The highest BCUT2D eigenvalue weighted by Gasteiger charge is 2.44. The minimum atomic E-state index is -0.0700. The van der Waals surface area contributed by atoms with Crippen LogP contribution in [0.15, 0.2) is 24.3 Å². The van der Waals surface area contributed by atoms with Gasteiger partial charge in [0.15, 0.2) is 0 Å². The molecule has 3 nitrogen and oxygen atoms in total. The van der Waals surface area contributed by atoms with E-state index in [4.69, 9.17) is 0 Å². The van der Waals surface area contributed by atoms with Crippen LogP contribution in [-0.4, -0.2) is 22.9 Å². The molecule has 1 heterocycles. The first-order chi connectivity index (χ1) is 9.77. The molecule has 1 aromatic rings. The smallest absolute Gasteiger partial charge is 0.241 e. The molecular weight excluding hydrogens is 260 g/mol. The third-order valence-corrected chi connectivity index (χ3v) is 4.75. The summed E-state index contributed by atoms with van der Waals surface area (Å²) in [5.41, 5.74) is 2.49. The molecule has 3 heteroatoms. The summed E-state index contributed by atoms with van der Waals surface area (Å²) < 4.78 is 0. The van der Waals surface area contributed by atoms with Crippen LogP contribution in [-0.2, 0) is 4.79 Å². The maximum atomic E-state index is 12.8. The summed E-state index contributed by atoms with van der Waals surface area (Å²) in [6, 6.07) is 8.44. The zero-order chi connectivity index (χ0) is 15.8. The number of amides is 1. The van der Waals surface area contributed by atoms with Gasteiger partial charge in [-0.2, -0.15) is 0 Å². The monoisotopic (exact) mass is 288 g/mol. The van der Waals surface area contributed by atoms with Gasteiger partial charge in [-0.1, -0.05) is 52.0 Å². The van der Waals surface area contributed by atoms with E-state index in [2.05, 4.69) is 63.9 Å². The van der Waals surface area contributed by atoms with Crippen molar-refractivity contribution in [2.24, 2.45) is 5.41 Å². The first kappa shape index (κ1) is 16.0. The third-order valence-electron chi connectivity index (χ3n) is 4.75. The Labute approximate surface area is 128 Å². The van der Waals surface area contributed by atoms with Crippen molar-refractivity contribution in [3.05, 3.63) is 35.4 Å². The van der Waals surface area contributed by atoms with Crippen molar-refractivity contribution in [2.45, 2.75) is 66.2 Å². The van der Waals surface area contributed by atoms with Crippen LogP contribution >= 0.6 is 0 Å². The predicted octanol–water partition coefficient (Wildman–Crippen LogP) is 3.64. The van der Waals surface area contributed by atoms with Gasteiger partial charge < -0.3 is 4.90 Å². The van der Waals surface area contributed by atoms with E-state index in [0.29, 0.717) is 0 Å². The zero-order valence-electron chi connectivity index (χ0n) is 14.1. The fourth-order valence-corrected chi connectivity index (χ4v) is 2.91. The Morgan fingerprint density at radius 1 is 1.29 bits per heavy atom. The van der Waals surface area contributed by atoms with Crippen LogP contribution in [0.25, 0.3) is 0 Å². The Morgan fingerprint density at radius 3 is 2.43 bits per heavy atom. The van der Waals surface area contributed by atoms with Crippen molar-refractivity contribution in [2.75, 3.05) is 0 Å². The number of carbonyl (C=O) groups excluding carboxylic acids is 1. The lowest BCUT2D eigenvalue weighted by atomic mass is 9.86. The Kier molecular flexibility index (Phi) is 4.43. The van der Waals surface area contributed by atoms with Gasteiger partial charge in [-0.3, -0.25) is 10.1 Å². The van der Waals surface area contributed by atoms with E-state index < -0.39 is 0 Å². The lowest BCUT2D eigenvalue weighted by Gasteiger charge is -2.39. The number of hydrogen-bond donors (Lipinski definition) is 1. The number of aryl methyl sites for hydroxylation is 1. The molecule has 0 aliphatic carbocycles. The second-order valence-electron chi connectivity index (χ2n) is 7.17. The van der Waals surface area contributed by atoms with Gasteiger partial charge in [0.25, 0.3) is 0 Å². The van der Waals surface area contributed by atoms with E-state index in [1.165, 1.54) is 11.1 Å². The Morgan fingerprint density at radius 2 is 1.90 bits per heavy atom. The molecule has 3 atom stereocenters. The summed E-state index contributed by atoms with van der Waals surface area (Å²) in [6.45, 7) is 12.9. The van der Waals surface area contributed by atoms with Crippen molar-refractivity contribution >= 4 is 5.91 Å². The second kappa shape index (κ2) is 5.80. The fraction of sp³-hybridized carbons (Fsp3) is 0.611. The number of benzene rings is 1. The van der Waals surface area contributed by atoms with Crippen LogP contribution in [0, 0.1) is 12.3 Å². The molecule has 0 bridgehead atoms. The van der Waals surface area contributed by atoms with E-state index in [1.807, 2.05) is 12.1 Å². The molecule has 0 aromatic heterocycles. The summed E-state index contributed by atoms with van der Waals surface area (Å²) in [5, 5.41) is 3.53. The summed E-state index contributed by atoms with van der Waals surface area (Å²) in [4.78, 5) is 14.8. The van der Waals surface area contributed by atoms with E-state index in [9.17, 15) is 4.79 Å². The maximum absolute atomic E-state index is 12.8. The van der Waals surface area contributed by atoms with Crippen LogP contribution in [0.2, 0.25) is 0 Å². The highest BCUT2D eigenvalue weighted by Crippen LogP contribution is 2.35. The van der Waals surface area contributed by atoms with Gasteiger partial charge in [0.2, 0.25) is 5.91 Å². The van der Waals surface area contributed by atoms with Crippen molar-refractivity contribution < 1.29 is 4.79 Å². The molecule has 1 aliphatic rings. The van der Waals surface area contributed by atoms with E-state index in [0.717, 1.165) is 6.42 Å². The molecule has 0 saturated carbocycles. The van der Waals surface area contributed by atoms with E-state index in [-0.39, 0.29) is 29.6 Å². The first-order valence-electron chi connectivity index (χ1n) is 7.91.